The van der Waals surface area contributed by atoms with Crippen molar-refractivity contribution in [3.8, 4) is 0 Å². The van der Waals surface area contributed by atoms with Gasteiger partial charge in [-0.15, -0.1) is 0 Å². The van der Waals surface area contributed by atoms with Crippen molar-refractivity contribution in [3.05, 3.63) is 71.3 Å². The molecule has 0 bridgehead atoms. The van der Waals surface area contributed by atoms with Gasteiger partial charge in [-0.1, -0.05) is 24.3 Å². The second-order valence-corrected chi connectivity index (χ2v) is 5.94. The van der Waals surface area contributed by atoms with E-state index in [0.717, 1.165) is 24.3 Å². The Kier molecular flexibility index (Phi) is 5.38. The number of aliphatic hydroxyl groups is 2. The molecule has 138 valence electrons. The maximum Gasteiger partial charge on any atom is 0.339 e. The maximum atomic E-state index is 13.0. The Morgan fingerprint density at radius 2 is 0.962 bits per heavy atom. The number of carboxylic acid groups (broad SMARTS) is 2. The fraction of sp³-hybridized carbons (Fsp3) is 0.222. The van der Waals surface area contributed by atoms with Crippen LogP contribution in [0.15, 0.2) is 48.5 Å². The zero-order chi connectivity index (χ0) is 19.5. The van der Waals surface area contributed by atoms with Crippen LogP contribution in [0.1, 0.15) is 11.1 Å². The number of halogens is 2. The van der Waals surface area contributed by atoms with Crippen LogP contribution in [0.5, 0.6) is 0 Å². The normalized spacial score (nSPS) is 15.7. The highest BCUT2D eigenvalue weighted by molar-refractivity contribution is 5.91. The van der Waals surface area contributed by atoms with Gasteiger partial charge < -0.3 is 20.4 Å². The third-order valence-corrected chi connectivity index (χ3v) is 4.14. The smallest absolute Gasteiger partial charge is 0.339 e. The molecule has 0 aliphatic heterocycles. The van der Waals surface area contributed by atoms with Crippen LogP contribution < -0.4 is 0 Å². The number of hydrogen-bond donors (Lipinski definition) is 4. The SMILES string of the molecule is O=C(O)C(O)(Cc1ccc(F)cc1)C(O)(Cc1ccc(F)cc1)C(=O)O. The first-order valence-corrected chi connectivity index (χ1v) is 7.49. The zero-order valence-electron chi connectivity index (χ0n) is 13.4. The van der Waals surface area contributed by atoms with Crippen molar-refractivity contribution in [2.45, 2.75) is 24.0 Å². The largest absolute Gasteiger partial charge is 0.479 e. The van der Waals surface area contributed by atoms with Crippen molar-refractivity contribution in [2.75, 3.05) is 0 Å². The second-order valence-electron chi connectivity index (χ2n) is 5.94. The summed E-state index contributed by atoms with van der Waals surface area (Å²) in [6, 6.07) is 8.73. The number of hydrogen-bond acceptors (Lipinski definition) is 4. The lowest BCUT2D eigenvalue weighted by atomic mass is 9.74. The van der Waals surface area contributed by atoms with Crippen molar-refractivity contribution in [2.24, 2.45) is 0 Å². The van der Waals surface area contributed by atoms with Gasteiger partial charge in [0, 0.05) is 12.8 Å². The third-order valence-electron chi connectivity index (χ3n) is 4.14. The summed E-state index contributed by atoms with van der Waals surface area (Å²) in [5.41, 5.74) is -6.03. The lowest BCUT2D eigenvalue weighted by Gasteiger charge is -2.37. The van der Waals surface area contributed by atoms with Crippen LogP contribution in [0.2, 0.25) is 0 Å². The van der Waals surface area contributed by atoms with E-state index >= 15 is 0 Å². The molecule has 0 aliphatic carbocycles. The predicted molar refractivity (Wildman–Crippen MR) is 85.4 cm³/mol. The molecule has 0 saturated carbocycles. The first-order valence-electron chi connectivity index (χ1n) is 7.49. The first kappa shape index (κ1) is 19.5. The molecule has 0 amide bonds. The summed E-state index contributed by atoms with van der Waals surface area (Å²) < 4.78 is 26.0. The van der Waals surface area contributed by atoms with Crippen LogP contribution in [-0.4, -0.2) is 43.6 Å². The van der Waals surface area contributed by atoms with Gasteiger partial charge in [-0.05, 0) is 35.4 Å². The highest BCUT2D eigenvalue weighted by Crippen LogP contribution is 2.31. The number of carboxylic acids is 2. The highest BCUT2D eigenvalue weighted by atomic mass is 19.1. The lowest BCUT2D eigenvalue weighted by molar-refractivity contribution is -0.206. The Balaban J connectivity index is 2.46. The molecule has 26 heavy (non-hydrogen) atoms. The molecule has 2 aromatic carbocycles. The van der Waals surface area contributed by atoms with Crippen LogP contribution in [0.25, 0.3) is 0 Å². The summed E-state index contributed by atoms with van der Waals surface area (Å²) in [6.45, 7) is 0. The van der Waals surface area contributed by atoms with Crippen LogP contribution in [0.4, 0.5) is 8.78 Å². The molecule has 8 heteroatoms. The maximum absolute atomic E-state index is 13.0. The van der Waals surface area contributed by atoms with Gasteiger partial charge >= 0.3 is 11.9 Å². The fourth-order valence-electron chi connectivity index (χ4n) is 2.59. The number of aliphatic carboxylic acids is 2. The molecule has 2 unspecified atom stereocenters. The number of carbonyl (C=O) groups is 2. The van der Waals surface area contributed by atoms with Crippen molar-refractivity contribution < 1.29 is 38.8 Å². The summed E-state index contributed by atoms with van der Waals surface area (Å²) in [7, 11) is 0. The van der Waals surface area contributed by atoms with E-state index in [1.165, 1.54) is 24.3 Å². The minimum atomic E-state index is -3.12. The minimum absolute atomic E-state index is 0.107. The van der Waals surface area contributed by atoms with Gasteiger partial charge in [-0.2, -0.15) is 0 Å². The molecular weight excluding hydrogens is 350 g/mol. The summed E-state index contributed by atoms with van der Waals surface area (Å²) in [5, 5.41) is 40.1. The highest BCUT2D eigenvalue weighted by Gasteiger charge is 2.60. The molecule has 2 aromatic rings. The molecule has 2 rings (SSSR count). The van der Waals surface area contributed by atoms with Gasteiger partial charge in [0.2, 0.25) is 11.2 Å². The van der Waals surface area contributed by atoms with E-state index in [-0.39, 0.29) is 11.1 Å². The van der Waals surface area contributed by atoms with Crippen LogP contribution in [0, 0.1) is 11.6 Å². The van der Waals surface area contributed by atoms with E-state index in [0.29, 0.717) is 0 Å². The van der Waals surface area contributed by atoms with Crippen LogP contribution in [0.3, 0.4) is 0 Å². The molecule has 0 fully saturated rings. The Morgan fingerprint density at radius 1 is 0.692 bits per heavy atom. The molecule has 0 spiro atoms. The Bertz CT molecular complexity index is 736. The molecule has 0 heterocycles. The van der Waals surface area contributed by atoms with Gasteiger partial charge in [0.25, 0.3) is 0 Å². The Labute approximate surface area is 147 Å². The molecule has 6 nitrogen and oxygen atoms in total. The molecule has 0 radical (unpaired) electrons. The van der Waals surface area contributed by atoms with Crippen molar-refractivity contribution in [1.29, 1.82) is 0 Å². The number of rotatable bonds is 7. The molecule has 0 aliphatic rings. The van der Waals surface area contributed by atoms with Gasteiger partial charge in [0.05, 0.1) is 0 Å². The summed E-state index contributed by atoms with van der Waals surface area (Å²) in [5.74, 6) is -5.14. The van der Waals surface area contributed by atoms with E-state index in [2.05, 4.69) is 0 Å². The minimum Gasteiger partial charge on any atom is -0.479 e. The van der Waals surface area contributed by atoms with Crippen molar-refractivity contribution in [1.82, 2.24) is 0 Å². The average molecular weight is 366 g/mol. The van der Waals surface area contributed by atoms with Crippen LogP contribution >= 0.6 is 0 Å². The second kappa shape index (κ2) is 7.19. The quantitative estimate of drug-likeness (QED) is 0.589. The monoisotopic (exact) mass is 366 g/mol. The molecule has 2 atom stereocenters. The average Bonchev–Trinajstić information content (AvgIpc) is 2.58. The fourth-order valence-corrected chi connectivity index (χ4v) is 2.59. The molecular formula is C18H16F2O6. The Morgan fingerprint density at radius 3 is 1.19 bits per heavy atom. The molecule has 4 N–H and O–H groups in total. The van der Waals surface area contributed by atoms with Crippen LogP contribution in [-0.2, 0) is 22.4 Å². The standard InChI is InChI=1S/C18H16F2O6/c19-13-5-1-11(2-6-13)9-17(25,15(21)22)18(26,16(23)24)10-12-3-7-14(20)8-4-12/h1-8,25-26H,9-10H2,(H,21,22)(H,23,24). The van der Waals surface area contributed by atoms with Gasteiger partial charge in [0.1, 0.15) is 11.6 Å². The van der Waals surface area contributed by atoms with E-state index in [9.17, 15) is 38.8 Å². The van der Waals surface area contributed by atoms with E-state index < -0.39 is 47.6 Å². The summed E-state index contributed by atoms with van der Waals surface area (Å²) >= 11 is 0. The molecule has 0 saturated heterocycles. The van der Waals surface area contributed by atoms with Crippen molar-refractivity contribution >= 4 is 11.9 Å². The third kappa shape index (κ3) is 3.71. The topological polar surface area (TPSA) is 115 Å². The van der Waals surface area contributed by atoms with Gasteiger partial charge in [0.15, 0.2) is 0 Å². The van der Waals surface area contributed by atoms with E-state index in [4.69, 9.17) is 0 Å². The Hall–Kier alpha value is -2.84. The lowest BCUT2D eigenvalue weighted by Crippen LogP contribution is -2.66. The summed E-state index contributed by atoms with van der Waals surface area (Å²) in [6.07, 6.45) is -1.57. The zero-order valence-corrected chi connectivity index (χ0v) is 13.4. The van der Waals surface area contributed by atoms with E-state index in [1.54, 1.807) is 0 Å². The molecule has 0 aromatic heterocycles. The first-order chi connectivity index (χ1) is 12.1. The van der Waals surface area contributed by atoms with E-state index in [1.807, 2.05) is 0 Å². The predicted octanol–water partition coefficient (Wildman–Crippen LogP) is 1.38. The summed E-state index contributed by atoms with van der Waals surface area (Å²) in [4.78, 5) is 23.4. The van der Waals surface area contributed by atoms with Gasteiger partial charge in [-0.3, -0.25) is 0 Å². The van der Waals surface area contributed by atoms with Gasteiger partial charge in [-0.25, -0.2) is 18.4 Å². The number of benzene rings is 2. The van der Waals surface area contributed by atoms with Crippen molar-refractivity contribution in [3.63, 3.8) is 0 Å².